The fourth-order valence-electron chi connectivity index (χ4n) is 13.9. The summed E-state index contributed by atoms with van der Waals surface area (Å²) in [6.07, 6.45) is 1.97. The molecular formula is C80H80N4O. The van der Waals surface area contributed by atoms with E-state index in [4.69, 9.17) is 9.72 Å². The van der Waals surface area contributed by atoms with Crippen LogP contribution in [0, 0.1) is 0 Å². The number of benzene rings is 9. The first-order valence-corrected chi connectivity index (χ1v) is 30.4. The van der Waals surface area contributed by atoms with E-state index < -0.39 is 5.41 Å². The van der Waals surface area contributed by atoms with E-state index in [-0.39, 0.29) is 27.1 Å². The molecule has 0 bridgehead atoms. The number of aromatic nitrogens is 2. The van der Waals surface area contributed by atoms with Crippen molar-refractivity contribution in [3.63, 3.8) is 0 Å². The van der Waals surface area contributed by atoms with Crippen LogP contribution >= 0.6 is 0 Å². The first kappa shape index (κ1) is 55.5. The van der Waals surface area contributed by atoms with Crippen molar-refractivity contribution >= 4 is 44.6 Å². The van der Waals surface area contributed by atoms with Crippen LogP contribution in [-0.2, 0) is 32.5 Å². The van der Waals surface area contributed by atoms with Crippen LogP contribution in [0.3, 0.4) is 0 Å². The van der Waals surface area contributed by atoms with Gasteiger partial charge in [-0.05, 0) is 149 Å². The molecule has 1 N–H and O–H groups in total. The van der Waals surface area contributed by atoms with E-state index in [1.54, 1.807) is 0 Å². The second-order valence-corrected chi connectivity index (χ2v) is 28.7. The van der Waals surface area contributed by atoms with Crippen molar-refractivity contribution in [3.05, 3.63) is 262 Å². The third-order valence-corrected chi connectivity index (χ3v) is 18.5. The summed E-state index contributed by atoms with van der Waals surface area (Å²) in [4.78, 5) is 7.54. The molecule has 0 atom stereocenters. The maximum atomic E-state index is 7.31. The summed E-state index contributed by atoms with van der Waals surface area (Å²) in [7, 11) is 2.23. The van der Waals surface area contributed by atoms with E-state index >= 15 is 0 Å². The highest BCUT2D eigenvalue weighted by Crippen LogP contribution is 2.63. The molecule has 0 fully saturated rings. The average Bonchev–Trinajstić information content (AvgIpc) is 1.54. The fourth-order valence-corrected chi connectivity index (χ4v) is 13.9. The Kier molecular flexibility index (Phi) is 12.9. The molecular weight excluding hydrogens is 1030 g/mol. The minimum absolute atomic E-state index is 0.0575. The van der Waals surface area contributed by atoms with E-state index in [0.717, 1.165) is 51.1 Å². The van der Waals surface area contributed by atoms with Crippen molar-refractivity contribution in [1.29, 1.82) is 0 Å². The van der Waals surface area contributed by atoms with Crippen LogP contribution in [0.4, 0.5) is 22.7 Å². The van der Waals surface area contributed by atoms with E-state index in [9.17, 15) is 0 Å². The highest BCUT2D eigenvalue weighted by atomic mass is 16.5. The summed E-state index contributed by atoms with van der Waals surface area (Å²) in [5, 5.41) is 6.43. The molecule has 2 aliphatic rings. The molecule has 11 aromatic rings. The standard InChI is InChI=1S/C80H80N4O/c1-75(2,3)52-39-40-81-71(46-52)84-69-38-26-35-65-72(69)73-66(80(65)63-33-21-19-31-61(63)79(13,14)62-32-20-22-34-64(62)80)48-58(49-70(73)84)85-57-30-25-29-56(47-57)82-67-36-23-24-37-68(67)83(15)74-59(50-27-17-16-18-28-50)44-55(78(10,11)12)45-60(74)51-41-53(76(4,5)6)43-54(42-51)77(7,8)9/h16-49,82H,1-15H3. The van der Waals surface area contributed by atoms with Crippen molar-refractivity contribution in [2.24, 2.45) is 0 Å². The predicted molar refractivity (Wildman–Crippen MR) is 359 cm³/mol. The summed E-state index contributed by atoms with van der Waals surface area (Å²) < 4.78 is 9.68. The Bertz CT molecular complexity index is 4370. The van der Waals surface area contributed by atoms with Gasteiger partial charge in [0.2, 0.25) is 0 Å². The summed E-state index contributed by atoms with van der Waals surface area (Å²) in [5.74, 6) is 2.39. The van der Waals surface area contributed by atoms with Crippen molar-refractivity contribution in [2.75, 3.05) is 17.3 Å². The number of nitrogens with one attached hydrogen (secondary N) is 1. The molecule has 1 spiro atoms. The Labute approximate surface area is 504 Å². The third-order valence-electron chi connectivity index (χ3n) is 18.5. The molecule has 2 heterocycles. The van der Waals surface area contributed by atoms with E-state index in [1.807, 2.05) is 6.20 Å². The Morgan fingerprint density at radius 3 is 1.61 bits per heavy atom. The zero-order chi connectivity index (χ0) is 59.8. The molecule has 0 aliphatic heterocycles. The topological polar surface area (TPSA) is 42.3 Å². The fraction of sp³-hybridized carbons (Fsp3) is 0.263. The number of ether oxygens (including phenoxy) is 1. The molecule has 9 aromatic carbocycles. The first-order valence-electron chi connectivity index (χ1n) is 30.4. The molecule has 0 unspecified atom stereocenters. The minimum Gasteiger partial charge on any atom is -0.457 e. The number of hydrogen-bond acceptors (Lipinski definition) is 4. The third kappa shape index (κ3) is 9.16. The Morgan fingerprint density at radius 1 is 0.435 bits per heavy atom. The monoisotopic (exact) mass is 1110 g/mol. The molecule has 0 saturated heterocycles. The van der Waals surface area contributed by atoms with Gasteiger partial charge < -0.3 is 15.0 Å². The summed E-state index contributed by atoms with van der Waals surface area (Å²) in [6, 6.07) is 74.5. The molecule has 0 saturated carbocycles. The predicted octanol–water partition coefficient (Wildman–Crippen LogP) is 21.3. The number of rotatable bonds is 9. The number of nitrogens with zero attached hydrogens (tertiary/aromatic N) is 3. The molecule has 2 aliphatic carbocycles. The summed E-state index contributed by atoms with van der Waals surface area (Å²) in [6.45, 7) is 32.5. The minimum atomic E-state index is -0.596. The smallest absolute Gasteiger partial charge is 0.137 e. The molecule has 13 rings (SSSR count). The van der Waals surface area contributed by atoms with E-state index in [0.29, 0.717) is 0 Å². The van der Waals surface area contributed by atoms with Crippen LogP contribution in [0.15, 0.2) is 206 Å². The molecule has 426 valence electrons. The van der Waals surface area contributed by atoms with Crippen molar-refractivity contribution in [2.45, 2.75) is 129 Å². The van der Waals surface area contributed by atoms with Gasteiger partial charge in [-0.1, -0.05) is 224 Å². The number of anilines is 4. The zero-order valence-corrected chi connectivity index (χ0v) is 52.4. The summed E-state index contributed by atoms with van der Waals surface area (Å²) in [5.41, 5.74) is 23.0. The number of para-hydroxylation sites is 2. The van der Waals surface area contributed by atoms with Crippen molar-refractivity contribution in [1.82, 2.24) is 9.55 Å². The maximum absolute atomic E-state index is 7.31. The normalized spacial score (nSPS) is 14.2. The lowest BCUT2D eigenvalue weighted by atomic mass is 9.55. The van der Waals surface area contributed by atoms with Gasteiger partial charge in [0.25, 0.3) is 0 Å². The number of fused-ring (bicyclic) bond motifs is 6. The Morgan fingerprint density at radius 2 is 0.976 bits per heavy atom. The average molecular weight is 1110 g/mol. The van der Waals surface area contributed by atoms with Gasteiger partial charge in [-0.25, -0.2) is 4.98 Å². The van der Waals surface area contributed by atoms with E-state index in [2.05, 4.69) is 319 Å². The molecule has 5 heteroatoms. The highest BCUT2D eigenvalue weighted by Gasteiger charge is 2.53. The second-order valence-electron chi connectivity index (χ2n) is 28.7. The van der Waals surface area contributed by atoms with Crippen LogP contribution in [-0.4, -0.2) is 16.6 Å². The van der Waals surface area contributed by atoms with Gasteiger partial charge in [-0.15, -0.1) is 0 Å². The van der Waals surface area contributed by atoms with Crippen LogP contribution in [0.25, 0.3) is 49.9 Å². The quantitative estimate of drug-likeness (QED) is 0.156. The van der Waals surface area contributed by atoms with Crippen LogP contribution in [0.2, 0.25) is 0 Å². The van der Waals surface area contributed by atoms with Crippen molar-refractivity contribution < 1.29 is 4.74 Å². The lowest BCUT2D eigenvalue weighted by Crippen LogP contribution is -2.40. The molecule has 2 aromatic heterocycles. The van der Waals surface area contributed by atoms with Gasteiger partial charge >= 0.3 is 0 Å². The maximum Gasteiger partial charge on any atom is 0.137 e. The Balaban J connectivity index is 0.953. The van der Waals surface area contributed by atoms with Gasteiger partial charge in [-0.2, -0.15) is 0 Å². The van der Waals surface area contributed by atoms with Gasteiger partial charge in [0, 0.05) is 58.4 Å². The lowest BCUT2D eigenvalue weighted by Gasteiger charge is -2.47. The number of hydrogen-bond donors (Lipinski definition) is 1. The largest absolute Gasteiger partial charge is 0.457 e. The highest BCUT2D eigenvalue weighted by molar-refractivity contribution is 6.18. The van der Waals surface area contributed by atoms with Gasteiger partial charge in [0.1, 0.15) is 17.3 Å². The molecule has 0 amide bonds. The van der Waals surface area contributed by atoms with E-state index in [1.165, 1.54) is 88.7 Å². The second kappa shape index (κ2) is 19.7. The number of pyridine rings is 1. The summed E-state index contributed by atoms with van der Waals surface area (Å²) >= 11 is 0. The van der Waals surface area contributed by atoms with Gasteiger partial charge in [0.15, 0.2) is 0 Å². The lowest BCUT2D eigenvalue weighted by molar-refractivity contribution is 0.481. The van der Waals surface area contributed by atoms with Gasteiger partial charge in [0.05, 0.1) is 33.5 Å². The molecule has 85 heavy (non-hydrogen) atoms. The van der Waals surface area contributed by atoms with Crippen LogP contribution in [0.1, 0.15) is 153 Å². The SMILES string of the molecule is CN(c1ccccc1Nc1cccc(Oc2cc3c4c5c(cccc5n(-c5cc(C(C)(C)C)ccn5)c4c2)C32c3ccccc3C(C)(C)c3ccccc32)c1)c1c(-c2ccccc2)cc(C(C)(C)C)cc1-c1cc(C(C)(C)C)cc(C(C)(C)C)c1. The zero-order valence-electron chi connectivity index (χ0n) is 52.4. The van der Waals surface area contributed by atoms with Gasteiger partial charge in [-0.3, -0.25) is 4.57 Å². The first-order chi connectivity index (χ1) is 40.3. The molecule has 5 nitrogen and oxygen atoms in total. The molecule has 0 radical (unpaired) electrons. The Hall–Kier alpha value is -8.67. The van der Waals surface area contributed by atoms with Crippen LogP contribution in [0.5, 0.6) is 11.5 Å². The van der Waals surface area contributed by atoms with Crippen molar-refractivity contribution in [3.8, 4) is 39.6 Å². The van der Waals surface area contributed by atoms with Crippen LogP contribution < -0.4 is 15.0 Å².